The summed E-state index contributed by atoms with van der Waals surface area (Å²) in [7, 11) is 0. The van der Waals surface area contributed by atoms with Crippen LogP contribution in [0.3, 0.4) is 0 Å². The second-order valence-electron chi connectivity index (χ2n) is 5.61. The van der Waals surface area contributed by atoms with Gasteiger partial charge in [0.2, 0.25) is 5.91 Å². The van der Waals surface area contributed by atoms with Crippen molar-refractivity contribution in [3.63, 3.8) is 0 Å². The van der Waals surface area contributed by atoms with Crippen molar-refractivity contribution < 1.29 is 9.21 Å². The van der Waals surface area contributed by atoms with Crippen molar-refractivity contribution >= 4 is 29.3 Å². The Morgan fingerprint density at radius 1 is 1.23 bits per heavy atom. The zero-order chi connectivity index (χ0) is 14.7. The van der Waals surface area contributed by atoms with Gasteiger partial charge in [0.25, 0.3) is 0 Å². The first-order valence-corrected chi connectivity index (χ1v) is 7.77. The van der Waals surface area contributed by atoms with Crippen LogP contribution in [0.15, 0.2) is 22.8 Å². The lowest BCUT2D eigenvalue weighted by Crippen LogP contribution is -2.32. The number of hydrogen-bond donors (Lipinski definition) is 2. The van der Waals surface area contributed by atoms with Crippen molar-refractivity contribution in [3.8, 4) is 0 Å². The molecule has 120 valence electrons. The number of benzene rings is 1. The first kappa shape index (κ1) is 16.8. The zero-order valence-corrected chi connectivity index (χ0v) is 13.7. The molecule has 2 N–H and O–H groups in total. The average Bonchev–Trinajstić information content (AvgIpc) is 3.08. The molecule has 3 rings (SSSR count). The Kier molecular flexibility index (Phi) is 5.86. The predicted octanol–water partition coefficient (Wildman–Crippen LogP) is 2.61. The third-order valence-corrected chi connectivity index (χ3v) is 4.09. The molecule has 1 aromatic heterocycles. The number of carbonyl (C=O) groups excluding carboxylic acids is 1. The molecule has 1 aliphatic carbocycles. The van der Waals surface area contributed by atoms with Crippen LogP contribution in [0.1, 0.15) is 30.0 Å². The zero-order valence-electron chi connectivity index (χ0n) is 12.9. The highest BCUT2D eigenvalue weighted by atomic mass is 35.5. The quantitative estimate of drug-likeness (QED) is 0.804. The minimum Gasteiger partial charge on any atom is -0.464 e. The highest BCUT2D eigenvalue weighted by Crippen LogP contribution is 2.30. The van der Waals surface area contributed by atoms with Gasteiger partial charge >= 0.3 is 0 Å². The van der Waals surface area contributed by atoms with Crippen molar-refractivity contribution in [3.05, 3.63) is 35.1 Å². The van der Waals surface area contributed by atoms with E-state index in [4.69, 9.17) is 4.42 Å². The van der Waals surface area contributed by atoms with Gasteiger partial charge in [-0.2, -0.15) is 0 Å². The minimum absolute atomic E-state index is 0. The van der Waals surface area contributed by atoms with Gasteiger partial charge in [-0.05, 0) is 49.1 Å². The van der Waals surface area contributed by atoms with Gasteiger partial charge in [-0.15, -0.1) is 12.4 Å². The van der Waals surface area contributed by atoms with Crippen molar-refractivity contribution in [2.45, 2.75) is 32.6 Å². The van der Waals surface area contributed by atoms with Gasteiger partial charge in [0.1, 0.15) is 5.58 Å². The molecule has 0 spiro atoms. The SMILES string of the molecule is CCNCCNC(=O)Cc1coc2cc3c(cc12)CCC3.Cl. The van der Waals surface area contributed by atoms with Gasteiger partial charge in [0.15, 0.2) is 0 Å². The average molecular weight is 323 g/mol. The fourth-order valence-electron chi connectivity index (χ4n) is 2.99. The number of furan rings is 1. The summed E-state index contributed by atoms with van der Waals surface area (Å²) < 4.78 is 5.63. The Morgan fingerprint density at radius 3 is 2.77 bits per heavy atom. The number of fused-ring (bicyclic) bond motifs is 2. The number of halogens is 1. The molecule has 1 heterocycles. The number of hydrogen-bond acceptors (Lipinski definition) is 3. The standard InChI is InChI=1S/C17H22N2O2.ClH/c1-2-18-6-7-19-17(20)10-14-11-21-16-9-13-5-3-4-12(13)8-15(14)16;/h8-9,11,18H,2-7,10H2,1H3,(H,19,20);1H. The molecule has 0 aliphatic heterocycles. The molecule has 4 nitrogen and oxygen atoms in total. The normalized spacial score (nSPS) is 13.0. The van der Waals surface area contributed by atoms with E-state index in [1.807, 2.05) is 0 Å². The molecule has 1 aliphatic rings. The van der Waals surface area contributed by atoms with Crippen molar-refractivity contribution in [1.29, 1.82) is 0 Å². The Bertz CT molecular complexity index is 651. The molecular formula is C17H23ClN2O2. The number of nitrogens with one attached hydrogen (secondary N) is 2. The highest BCUT2D eigenvalue weighted by Gasteiger charge is 2.16. The molecule has 0 saturated heterocycles. The molecule has 1 aromatic carbocycles. The van der Waals surface area contributed by atoms with E-state index in [0.29, 0.717) is 13.0 Å². The first-order valence-electron chi connectivity index (χ1n) is 7.77. The number of aryl methyl sites for hydroxylation is 2. The maximum atomic E-state index is 12.0. The minimum atomic E-state index is 0. The molecule has 0 bridgehead atoms. The van der Waals surface area contributed by atoms with Crippen LogP contribution in [0.4, 0.5) is 0 Å². The maximum absolute atomic E-state index is 12.0. The molecule has 5 heteroatoms. The van der Waals surface area contributed by atoms with E-state index < -0.39 is 0 Å². The molecule has 0 radical (unpaired) electrons. The summed E-state index contributed by atoms with van der Waals surface area (Å²) in [6.45, 7) is 4.45. The highest BCUT2D eigenvalue weighted by molar-refractivity contribution is 5.88. The molecule has 1 amide bonds. The van der Waals surface area contributed by atoms with Crippen molar-refractivity contribution in [2.24, 2.45) is 0 Å². The first-order chi connectivity index (χ1) is 10.3. The van der Waals surface area contributed by atoms with E-state index in [2.05, 4.69) is 29.7 Å². The van der Waals surface area contributed by atoms with E-state index >= 15 is 0 Å². The number of amides is 1. The van der Waals surface area contributed by atoms with Crippen molar-refractivity contribution in [2.75, 3.05) is 19.6 Å². The van der Waals surface area contributed by atoms with E-state index in [1.165, 1.54) is 17.5 Å². The lowest BCUT2D eigenvalue weighted by molar-refractivity contribution is -0.120. The van der Waals surface area contributed by atoms with Gasteiger partial charge in [0.05, 0.1) is 12.7 Å². The lowest BCUT2D eigenvalue weighted by Gasteiger charge is -2.05. The largest absolute Gasteiger partial charge is 0.464 e. The lowest BCUT2D eigenvalue weighted by atomic mass is 10.0. The molecule has 0 unspecified atom stereocenters. The Hall–Kier alpha value is -1.52. The van der Waals surface area contributed by atoms with Crippen LogP contribution in [0.5, 0.6) is 0 Å². The van der Waals surface area contributed by atoms with Crippen LogP contribution in [0.2, 0.25) is 0 Å². The maximum Gasteiger partial charge on any atom is 0.224 e. The third-order valence-electron chi connectivity index (χ3n) is 4.09. The van der Waals surface area contributed by atoms with Gasteiger partial charge in [-0.25, -0.2) is 0 Å². The summed E-state index contributed by atoms with van der Waals surface area (Å²) >= 11 is 0. The Morgan fingerprint density at radius 2 is 2.00 bits per heavy atom. The number of carbonyl (C=O) groups is 1. The van der Waals surface area contributed by atoms with Crippen LogP contribution in [0.25, 0.3) is 11.0 Å². The van der Waals surface area contributed by atoms with Gasteiger partial charge in [-0.3, -0.25) is 4.79 Å². The Labute approximate surface area is 137 Å². The number of likely N-dealkylation sites (N-methyl/N-ethyl adjacent to an activating group) is 1. The van der Waals surface area contributed by atoms with E-state index in [-0.39, 0.29) is 18.3 Å². The third kappa shape index (κ3) is 3.62. The van der Waals surface area contributed by atoms with E-state index in [1.54, 1.807) is 6.26 Å². The van der Waals surface area contributed by atoms with E-state index in [9.17, 15) is 4.79 Å². The smallest absolute Gasteiger partial charge is 0.224 e. The van der Waals surface area contributed by atoms with Gasteiger partial charge in [0, 0.05) is 24.0 Å². The molecule has 2 aromatic rings. The van der Waals surface area contributed by atoms with Crippen LogP contribution in [-0.2, 0) is 24.1 Å². The summed E-state index contributed by atoms with van der Waals surface area (Å²) in [6, 6.07) is 4.35. The molecule has 0 fully saturated rings. The van der Waals surface area contributed by atoms with Gasteiger partial charge in [-0.1, -0.05) is 6.92 Å². The van der Waals surface area contributed by atoms with Crippen LogP contribution in [-0.4, -0.2) is 25.5 Å². The molecule has 0 saturated carbocycles. The second-order valence-corrected chi connectivity index (χ2v) is 5.61. The summed E-state index contributed by atoms with van der Waals surface area (Å²) in [5, 5.41) is 7.21. The molecular weight excluding hydrogens is 300 g/mol. The van der Waals surface area contributed by atoms with Crippen LogP contribution < -0.4 is 10.6 Å². The summed E-state index contributed by atoms with van der Waals surface area (Å²) in [6.07, 6.45) is 5.63. The van der Waals surface area contributed by atoms with Crippen LogP contribution >= 0.6 is 12.4 Å². The predicted molar refractivity (Wildman–Crippen MR) is 90.7 cm³/mol. The summed E-state index contributed by atoms with van der Waals surface area (Å²) in [4.78, 5) is 12.0. The van der Waals surface area contributed by atoms with Crippen molar-refractivity contribution in [1.82, 2.24) is 10.6 Å². The fourth-order valence-corrected chi connectivity index (χ4v) is 2.99. The molecule has 22 heavy (non-hydrogen) atoms. The topological polar surface area (TPSA) is 54.3 Å². The van der Waals surface area contributed by atoms with E-state index in [0.717, 1.165) is 42.5 Å². The Balaban J connectivity index is 0.00000176. The summed E-state index contributed by atoms with van der Waals surface area (Å²) in [5.74, 6) is 0.0519. The number of rotatable bonds is 6. The monoisotopic (exact) mass is 322 g/mol. The van der Waals surface area contributed by atoms with Crippen LogP contribution in [0, 0.1) is 0 Å². The molecule has 0 atom stereocenters. The fraction of sp³-hybridized carbons (Fsp3) is 0.471. The summed E-state index contributed by atoms with van der Waals surface area (Å²) in [5.41, 5.74) is 4.71. The van der Waals surface area contributed by atoms with Gasteiger partial charge < -0.3 is 15.1 Å². The second kappa shape index (κ2) is 7.65.